The topological polar surface area (TPSA) is 60.9 Å². The summed E-state index contributed by atoms with van der Waals surface area (Å²) in [6.45, 7) is -0.416. The van der Waals surface area contributed by atoms with Crippen LogP contribution in [0.3, 0.4) is 0 Å². The van der Waals surface area contributed by atoms with E-state index in [1.54, 1.807) is 0 Å². The molecule has 0 atom stereocenters. The van der Waals surface area contributed by atoms with Crippen LogP contribution in [0.1, 0.15) is 0 Å². The molecule has 2 aliphatic rings. The van der Waals surface area contributed by atoms with Gasteiger partial charge >= 0.3 is 5.97 Å². The number of hydrogen-bond donors (Lipinski definition) is 1. The second-order valence-electron chi connectivity index (χ2n) is 6.00. The fraction of sp³-hybridized carbons (Fsp3) is 0.105. The van der Waals surface area contributed by atoms with Crippen LogP contribution >= 0.6 is 35.7 Å². The van der Waals surface area contributed by atoms with Gasteiger partial charge in [0, 0.05) is 11.9 Å². The van der Waals surface area contributed by atoms with E-state index in [-0.39, 0.29) is 10.2 Å². The molecule has 1 N–H and O–H groups in total. The van der Waals surface area contributed by atoms with Crippen molar-refractivity contribution in [2.45, 2.75) is 4.90 Å². The number of amides is 1. The molecule has 2 aromatic rings. The van der Waals surface area contributed by atoms with E-state index in [0.717, 1.165) is 43.4 Å². The summed E-state index contributed by atoms with van der Waals surface area (Å²) in [5, 5.41) is 9.78. The summed E-state index contributed by atoms with van der Waals surface area (Å²) in [6, 6.07) is 16.3. The van der Waals surface area contributed by atoms with Crippen molar-refractivity contribution >= 4 is 57.6 Å². The molecule has 1 amide bonds. The average molecular weight is 415 g/mol. The maximum Gasteiger partial charge on any atom is 0.323 e. The number of thioether (sulfide) groups is 2. The van der Waals surface area contributed by atoms with Crippen LogP contribution in [-0.4, -0.2) is 39.8 Å². The summed E-state index contributed by atoms with van der Waals surface area (Å²) in [5.74, 6) is -1.43. The molecule has 0 saturated carbocycles. The number of thiocarbonyl (C=S) groups is 1. The van der Waals surface area contributed by atoms with E-state index in [4.69, 9.17) is 17.3 Å². The Morgan fingerprint density at radius 2 is 1.85 bits per heavy atom. The molecular weight excluding hydrogens is 400 g/mol. The SMILES string of the molecule is CN1/C(=C2\SC(=S)N(CC(=O)O)C2=O)Sc2ccc(-c3ccccc3)cc21. The third-order valence-electron chi connectivity index (χ3n) is 4.28. The van der Waals surface area contributed by atoms with E-state index in [1.165, 1.54) is 11.8 Å². The van der Waals surface area contributed by atoms with E-state index in [9.17, 15) is 9.59 Å². The van der Waals surface area contributed by atoms with Crippen LogP contribution in [0.2, 0.25) is 0 Å². The number of anilines is 1. The Balaban J connectivity index is 1.69. The van der Waals surface area contributed by atoms with Crippen molar-refractivity contribution in [3.05, 3.63) is 58.5 Å². The molecule has 1 fully saturated rings. The highest BCUT2D eigenvalue weighted by Gasteiger charge is 2.39. The zero-order chi connectivity index (χ0) is 19.1. The first kappa shape index (κ1) is 18.1. The molecular formula is C19H14N2O3S3. The summed E-state index contributed by atoms with van der Waals surface area (Å²) in [4.78, 5) is 28.3. The minimum atomic E-state index is -1.08. The Bertz CT molecular complexity index is 1000. The van der Waals surface area contributed by atoms with Gasteiger partial charge in [0.05, 0.1) is 10.7 Å². The number of carbonyl (C=O) groups is 2. The standard InChI is InChI=1S/C19H14N2O3S3/c1-20-13-9-12(11-5-3-2-4-6-11)7-8-14(13)26-18(20)16-17(24)21(10-15(22)23)19(25)27-16/h2-9H,10H2,1H3,(H,22,23)/b18-16+. The van der Waals surface area contributed by atoms with Crippen molar-refractivity contribution in [1.29, 1.82) is 0 Å². The van der Waals surface area contributed by atoms with Crippen molar-refractivity contribution in [3.63, 3.8) is 0 Å². The number of fused-ring (bicyclic) bond motifs is 1. The van der Waals surface area contributed by atoms with E-state index in [2.05, 4.69) is 24.3 Å². The quantitative estimate of drug-likeness (QED) is 0.601. The Kier molecular flexibility index (Phi) is 4.71. The van der Waals surface area contributed by atoms with Gasteiger partial charge in [-0.1, -0.05) is 72.1 Å². The smallest absolute Gasteiger partial charge is 0.323 e. The van der Waals surface area contributed by atoms with Crippen molar-refractivity contribution in [2.24, 2.45) is 0 Å². The molecule has 27 heavy (non-hydrogen) atoms. The third-order valence-corrected chi connectivity index (χ3v) is 7.08. The number of benzene rings is 2. The van der Waals surface area contributed by atoms with Crippen LogP contribution in [0.15, 0.2) is 63.4 Å². The highest BCUT2D eigenvalue weighted by atomic mass is 32.2. The minimum absolute atomic E-state index is 0.278. The van der Waals surface area contributed by atoms with Gasteiger partial charge in [-0.3, -0.25) is 14.5 Å². The van der Waals surface area contributed by atoms with Gasteiger partial charge in [-0.2, -0.15) is 0 Å². The Morgan fingerprint density at radius 1 is 1.11 bits per heavy atom. The average Bonchev–Trinajstić information content (AvgIpc) is 3.13. The molecule has 0 radical (unpaired) electrons. The Labute approximate surface area is 170 Å². The van der Waals surface area contributed by atoms with Crippen molar-refractivity contribution < 1.29 is 14.7 Å². The lowest BCUT2D eigenvalue weighted by atomic mass is 10.1. The molecule has 1 saturated heterocycles. The summed E-state index contributed by atoms with van der Waals surface area (Å²) in [7, 11) is 1.91. The highest BCUT2D eigenvalue weighted by molar-refractivity contribution is 8.27. The first-order valence-electron chi connectivity index (χ1n) is 8.06. The monoisotopic (exact) mass is 414 g/mol. The van der Waals surface area contributed by atoms with Crippen molar-refractivity contribution in [3.8, 4) is 11.1 Å². The van der Waals surface area contributed by atoms with Crippen LogP contribution in [0, 0.1) is 0 Å². The van der Waals surface area contributed by atoms with Gasteiger partial charge in [-0.15, -0.1) is 0 Å². The summed E-state index contributed by atoms with van der Waals surface area (Å²) >= 11 is 7.86. The van der Waals surface area contributed by atoms with Gasteiger partial charge in [0.2, 0.25) is 0 Å². The maximum atomic E-state index is 12.7. The fourth-order valence-corrected chi connectivity index (χ4v) is 5.52. The molecule has 0 bridgehead atoms. The molecule has 2 aliphatic heterocycles. The number of carboxylic acids is 1. The van der Waals surface area contributed by atoms with Crippen LogP contribution < -0.4 is 4.90 Å². The van der Waals surface area contributed by atoms with Crippen LogP contribution in [0.25, 0.3) is 11.1 Å². The number of hydrogen-bond acceptors (Lipinski definition) is 6. The predicted molar refractivity (Wildman–Crippen MR) is 113 cm³/mol. The van der Waals surface area contributed by atoms with Gasteiger partial charge in [-0.05, 0) is 23.3 Å². The van der Waals surface area contributed by atoms with Gasteiger partial charge < -0.3 is 10.0 Å². The Hall–Kier alpha value is -2.29. The van der Waals surface area contributed by atoms with E-state index >= 15 is 0 Å². The molecule has 0 aliphatic carbocycles. The molecule has 8 heteroatoms. The maximum absolute atomic E-state index is 12.7. The second-order valence-corrected chi connectivity index (χ2v) is 8.67. The summed E-state index contributed by atoms with van der Waals surface area (Å²) in [5.41, 5.74) is 3.24. The molecule has 5 nitrogen and oxygen atoms in total. The summed E-state index contributed by atoms with van der Waals surface area (Å²) < 4.78 is 0.278. The predicted octanol–water partition coefficient (Wildman–Crippen LogP) is 4.01. The van der Waals surface area contributed by atoms with Gasteiger partial charge in [0.1, 0.15) is 15.8 Å². The first-order valence-corrected chi connectivity index (χ1v) is 10.1. The van der Waals surface area contributed by atoms with Crippen LogP contribution in [-0.2, 0) is 9.59 Å². The number of rotatable bonds is 3. The van der Waals surface area contributed by atoms with Gasteiger partial charge in [0.15, 0.2) is 0 Å². The highest BCUT2D eigenvalue weighted by Crippen LogP contribution is 2.50. The fourth-order valence-electron chi connectivity index (χ4n) is 2.95. The molecule has 0 unspecified atom stereocenters. The van der Waals surface area contributed by atoms with Gasteiger partial charge in [-0.25, -0.2) is 0 Å². The van der Waals surface area contributed by atoms with E-state index < -0.39 is 12.5 Å². The Morgan fingerprint density at radius 3 is 2.56 bits per heavy atom. The lowest BCUT2D eigenvalue weighted by Gasteiger charge is -2.16. The second kappa shape index (κ2) is 7.03. The third kappa shape index (κ3) is 3.24. The van der Waals surface area contributed by atoms with Crippen LogP contribution in [0.5, 0.6) is 0 Å². The molecule has 4 rings (SSSR count). The lowest BCUT2D eigenvalue weighted by molar-refractivity contribution is -0.140. The number of carbonyl (C=O) groups excluding carboxylic acids is 1. The molecule has 2 aromatic carbocycles. The number of aliphatic carboxylic acids is 1. The first-order chi connectivity index (χ1) is 13.0. The zero-order valence-corrected chi connectivity index (χ0v) is 16.7. The summed E-state index contributed by atoms with van der Waals surface area (Å²) in [6.07, 6.45) is 0. The van der Waals surface area contributed by atoms with E-state index in [0.29, 0.717) is 4.91 Å². The van der Waals surface area contributed by atoms with Gasteiger partial charge in [0.25, 0.3) is 5.91 Å². The normalized spacial score (nSPS) is 19.0. The number of nitrogens with zero attached hydrogens (tertiary/aromatic N) is 2. The van der Waals surface area contributed by atoms with Crippen LogP contribution in [0.4, 0.5) is 5.69 Å². The lowest BCUT2D eigenvalue weighted by Crippen LogP contribution is -2.33. The molecule has 2 heterocycles. The van der Waals surface area contributed by atoms with Crippen molar-refractivity contribution in [2.75, 3.05) is 18.5 Å². The molecule has 136 valence electrons. The minimum Gasteiger partial charge on any atom is -0.480 e. The largest absolute Gasteiger partial charge is 0.480 e. The van der Waals surface area contributed by atoms with Crippen molar-refractivity contribution in [1.82, 2.24) is 4.90 Å². The molecule has 0 spiro atoms. The molecule has 0 aromatic heterocycles. The number of carboxylic acid groups (broad SMARTS) is 1. The van der Waals surface area contributed by atoms with E-state index in [1.807, 2.05) is 36.2 Å². The zero-order valence-electron chi connectivity index (χ0n) is 14.2.